The van der Waals surface area contributed by atoms with Crippen LogP contribution >= 0.6 is 22.6 Å². The van der Waals surface area contributed by atoms with Gasteiger partial charge in [0.1, 0.15) is 0 Å². The first-order valence-electron chi connectivity index (χ1n) is 5.15. The molecule has 0 spiro atoms. The van der Waals surface area contributed by atoms with E-state index < -0.39 is 5.97 Å². The molecule has 0 aromatic heterocycles. The summed E-state index contributed by atoms with van der Waals surface area (Å²) in [5, 5.41) is 8.46. The molecule has 1 aromatic rings. The molecule has 15 heavy (non-hydrogen) atoms. The lowest BCUT2D eigenvalue weighted by Gasteiger charge is -2.01. The standard InChI is InChI=1S/C12H15IO2/c13-11-8-6-10(7-9-11)4-2-1-3-5-12(14)15/h6-9H,1-5H2,(H,14,15). The third-order valence-corrected chi connectivity index (χ3v) is 2.99. The predicted molar refractivity (Wildman–Crippen MR) is 69.0 cm³/mol. The minimum absolute atomic E-state index is 0.298. The van der Waals surface area contributed by atoms with E-state index in [1.54, 1.807) is 0 Å². The highest BCUT2D eigenvalue weighted by atomic mass is 127. The van der Waals surface area contributed by atoms with Gasteiger partial charge >= 0.3 is 5.97 Å². The lowest BCUT2D eigenvalue weighted by molar-refractivity contribution is -0.137. The Bertz CT molecular complexity index is 306. The number of hydrogen-bond acceptors (Lipinski definition) is 1. The zero-order chi connectivity index (χ0) is 11.1. The molecule has 1 aromatic carbocycles. The Kier molecular flexibility index (Phi) is 5.68. The molecular weight excluding hydrogens is 303 g/mol. The van der Waals surface area contributed by atoms with E-state index in [1.165, 1.54) is 9.13 Å². The van der Waals surface area contributed by atoms with Crippen molar-refractivity contribution < 1.29 is 9.90 Å². The number of aliphatic carboxylic acids is 1. The normalized spacial score (nSPS) is 10.2. The number of carbonyl (C=O) groups is 1. The maximum Gasteiger partial charge on any atom is 0.303 e. The molecule has 0 amide bonds. The van der Waals surface area contributed by atoms with Crippen molar-refractivity contribution in [1.82, 2.24) is 0 Å². The van der Waals surface area contributed by atoms with Gasteiger partial charge in [0.25, 0.3) is 0 Å². The molecule has 1 rings (SSSR count). The summed E-state index contributed by atoms with van der Waals surface area (Å²) < 4.78 is 1.25. The van der Waals surface area contributed by atoms with Crippen LogP contribution in [0.3, 0.4) is 0 Å². The fourth-order valence-corrected chi connectivity index (χ4v) is 1.79. The van der Waals surface area contributed by atoms with Gasteiger partial charge in [-0.2, -0.15) is 0 Å². The Hall–Kier alpha value is -0.580. The third kappa shape index (κ3) is 5.77. The number of benzene rings is 1. The minimum atomic E-state index is -0.690. The zero-order valence-electron chi connectivity index (χ0n) is 8.58. The average Bonchev–Trinajstić information content (AvgIpc) is 2.20. The lowest BCUT2D eigenvalue weighted by Crippen LogP contribution is -1.94. The van der Waals surface area contributed by atoms with E-state index in [4.69, 9.17) is 5.11 Å². The van der Waals surface area contributed by atoms with Crippen LogP contribution in [0.1, 0.15) is 31.2 Å². The highest BCUT2D eigenvalue weighted by molar-refractivity contribution is 14.1. The van der Waals surface area contributed by atoms with Crippen molar-refractivity contribution in [3.63, 3.8) is 0 Å². The highest BCUT2D eigenvalue weighted by Gasteiger charge is 1.97. The molecule has 0 fully saturated rings. The summed E-state index contributed by atoms with van der Waals surface area (Å²) in [6, 6.07) is 8.48. The fraction of sp³-hybridized carbons (Fsp3) is 0.417. The molecule has 0 aliphatic carbocycles. The lowest BCUT2D eigenvalue weighted by atomic mass is 10.1. The number of aryl methyl sites for hydroxylation is 1. The van der Waals surface area contributed by atoms with Crippen molar-refractivity contribution in [2.75, 3.05) is 0 Å². The van der Waals surface area contributed by atoms with E-state index in [0.29, 0.717) is 6.42 Å². The monoisotopic (exact) mass is 318 g/mol. The quantitative estimate of drug-likeness (QED) is 0.644. The van der Waals surface area contributed by atoms with Crippen LogP contribution in [-0.4, -0.2) is 11.1 Å². The maximum absolute atomic E-state index is 10.3. The maximum atomic E-state index is 10.3. The van der Waals surface area contributed by atoms with Crippen molar-refractivity contribution in [3.8, 4) is 0 Å². The van der Waals surface area contributed by atoms with Crippen LogP contribution in [0.15, 0.2) is 24.3 Å². The smallest absolute Gasteiger partial charge is 0.303 e. The Labute approximate surface area is 104 Å². The molecule has 0 heterocycles. The molecule has 82 valence electrons. The molecule has 0 saturated heterocycles. The SMILES string of the molecule is O=C(O)CCCCCc1ccc(I)cc1. The first-order chi connectivity index (χ1) is 7.18. The summed E-state index contributed by atoms with van der Waals surface area (Å²) in [7, 11) is 0. The molecule has 3 heteroatoms. The number of carboxylic acid groups (broad SMARTS) is 1. The second kappa shape index (κ2) is 6.82. The Morgan fingerprint density at radius 3 is 2.40 bits per heavy atom. The number of halogens is 1. The number of carboxylic acids is 1. The van der Waals surface area contributed by atoms with Crippen LogP contribution < -0.4 is 0 Å². The molecule has 0 unspecified atom stereocenters. The summed E-state index contributed by atoms with van der Waals surface area (Å²) in [4.78, 5) is 10.3. The van der Waals surface area contributed by atoms with Crippen LogP contribution in [0.4, 0.5) is 0 Å². The number of hydrogen-bond donors (Lipinski definition) is 1. The number of unbranched alkanes of at least 4 members (excludes halogenated alkanes) is 2. The predicted octanol–water partition coefficient (Wildman–Crippen LogP) is 3.48. The average molecular weight is 318 g/mol. The van der Waals surface area contributed by atoms with Crippen LogP contribution in [0.2, 0.25) is 0 Å². The highest BCUT2D eigenvalue weighted by Crippen LogP contribution is 2.10. The molecule has 2 nitrogen and oxygen atoms in total. The van der Waals surface area contributed by atoms with Crippen LogP contribution in [0.25, 0.3) is 0 Å². The molecule has 0 bridgehead atoms. The van der Waals surface area contributed by atoms with Crippen molar-refractivity contribution in [2.24, 2.45) is 0 Å². The van der Waals surface area contributed by atoms with E-state index >= 15 is 0 Å². The van der Waals surface area contributed by atoms with E-state index in [9.17, 15) is 4.79 Å². The van der Waals surface area contributed by atoms with Crippen molar-refractivity contribution in [3.05, 3.63) is 33.4 Å². The number of rotatable bonds is 6. The van der Waals surface area contributed by atoms with E-state index in [-0.39, 0.29) is 0 Å². The zero-order valence-corrected chi connectivity index (χ0v) is 10.7. The summed E-state index contributed by atoms with van der Waals surface area (Å²) in [6.07, 6.45) is 4.22. The Morgan fingerprint density at radius 2 is 1.80 bits per heavy atom. The van der Waals surface area contributed by atoms with Crippen LogP contribution in [0.5, 0.6) is 0 Å². The van der Waals surface area contributed by atoms with Gasteiger partial charge in [-0.25, -0.2) is 0 Å². The molecule has 0 saturated carbocycles. The first kappa shape index (κ1) is 12.5. The van der Waals surface area contributed by atoms with Crippen molar-refractivity contribution >= 4 is 28.6 Å². The van der Waals surface area contributed by atoms with Gasteiger partial charge in [0, 0.05) is 9.99 Å². The first-order valence-corrected chi connectivity index (χ1v) is 6.22. The van der Waals surface area contributed by atoms with Gasteiger partial charge in [-0.05, 0) is 59.5 Å². The van der Waals surface area contributed by atoms with Crippen LogP contribution in [-0.2, 0) is 11.2 Å². The summed E-state index contributed by atoms with van der Waals surface area (Å²) in [6.45, 7) is 0. The topological polar surface area (TPSA) is 37.3 Å². The molecule has 0 aliphatic rings. The Balaban J connectivity index is 2.15. The Morgan fingerprint density at radius 1 is 1.13 bits per heavy atom. The molecule has 0 aliphatic heterocycles. The second-order valence-electron chi connectivity index (χ2n) is 3.58. The molecule has 0 radical (unpaired) electrons. The summed E-state index contributed by atoms with van der Waals surface area (Å²) >= 11 is 2.29. The second-order valence-corrected chi connectivity index (χ2v) is 4.83. The van der Waals surface area contributed by atoms with Gasteiger partial charge in [0.05, 0.1) is 0 Å². The van der Waals surface area contributed by atoms with Gasteiger partial charge in [-0.1, -0.05) is 18.6 Å². The summed E-state index contributed by atoms with van der Waals surface area (Å²) in [5.74, 6) is -0.690. The van der Waals surface area contributed by atoms with Crippen LogP contribution in [0, 0.1) is 3.57 Å². The van der Waals surface area contributed by atoms with Gasteiger partial charge < -0.3 is 5.11 Å². The largest absolute Gasteiger partial charge is 0.481 e. The summed E-state index contributed by atoms with van der Waals surface area (Å²) in [5.41, 5.74) is 1.34. The van der Waals surface area contributed by atoms with Gasteiger partial charge in [0.15, 0.2) is 0 Å². The molecule has 0 atom stereocenters. The molecular formula is C12H15IO2. The van der Waals surface area contributed by atoms with Gasteiger partial charge in [-0.3, -0.25) is 4.79 Å². The van der Waals surface area contributed by atoms with Crippen molar-refractivity contribution in [2.45, 2.75) is 32.1 Å². The van der Waals surface area contributed by atoms with E-state index in [2.05, 4.69) is 46.9 Å². The van der Waals surface area contributed by atoms with Crippen molar-refractivity contribution in [1.29, 1.82) is 0 Å². The van der Waals surface area contributed by atoms with Gasteiger partial charge in [-0.15, -0.1) is 0 Å². The van der Waals surface area contributed by atoms with Gasteiger partial charge in [0.2, 0.25) is 0 Å². The third-order valence-electron chi connectivity index (χ3n) is 2.27. The van der Waals surface area contributed by atoms with E-state index in [0.717, 1.165) is 25.7 Å². The minimum Gasteiger partial charge on any atom is -0.481 e. The fourth-order valence-electron chi connectivity index (χ4n) is 1.43. The van der Waals surface area contributed by atoms with E-state index in [1.807, 2.05) is 0 Å². The molecule has 1 N–H and O–H groups in total.